The van der Waals surface area contributed by atoms with E-state index in [4.69, 9.17) is 9.47 Å². The molecule has 184 valence electrons. The fourth-order valence-corrected chi connectivity index (χ4v) is 6.01. The predicted octanol–water partition coefficient (Wildman–Crippen LogP) is 3.34. The summed E-state index contributed by atoms with van der Waals surface area (Å²) >= 11 is 0. The first-order chi connectivity index (χ1) is 16.5. The maximum Gasteiger partial charge on any atom is 0.255 e. The second-order valence-corrected chi connectivity index (χ2v) is 10.5. The van der Waals surface area contributed by atoms with E-state index in [0.29, 0.717) is 36.7 Å². The maximum atomic E-state index is 13.3. The van der Waals surface area contributed by atoms with Crippen molar-refractivity contribution in [1.82, 2.24) is 9.21 Å². The number of hydrogen-bond acceptors (Lipinski definition) is 6. The van der Waals surface area contributed by atoms with Gasteiger partial charge in [-0.05, 0) is 55.7 Å². The molecule has 0 aliphatic carbocycles. The largest absolute Gasteiger partial charge is 0.492 e. The van der Waals surface area contributed by atoms with Gasteiger partial charge in [-0.2, -0.15) is 4.31 Å². The maximum absolute atomic E-state index is 13.3. The highest BCUT2D eigenvalue weighted by molar-refractivity contribution is 7.89. The van der Waals surface area contributed by atoms with Crippen molar-refractivity contribution in [1.29, 1.82) is 0 Å². The van der Waals surface area contributed by atoms with E-state index in [9.17, 15) is 13.2 Å². The summed E-state index contributed by atoms with van der Waals surface area (Å²) in [6.45, 7) is 7.11. The summed E-state index contributed by atoms with van der Waals surface area (Å²) in [7, 11) is -3.72. The standard InChI is InChI=1S/C25H33N3O5S/c1-2-33-23-10-9-22(18-24(23)34(30,31)28-11-4-3-5-12-28)26-25(29)21-8-6-7-20(17-21)19-27-13-15-32-16-14-27/h6-10,17-18H,2-5,11-16,19H2,1H3,(H,26,29). The normalized spacial score (nSPS) is 17.9. The first-order valence-electron chi connectivity index (χ1n) is 11.9. The van der Waals surface area contributed by atoms with Crippen LogP contribution in [0.1, 0.15) is 42.1 Å². The lowest BCUT2D eigenvalue weighted by atomic mass is 10.1. The van der Waals surface area contributed by atoms with Crippen molar-refractivity contribution >= 4 is 21.6 Å². The van der Waals surface area contributed by atoms with Gasteiger partial charge in [0.25, 0.3) is 5.91 Å². The molecule has 9 heteroatoms. The lowest BCUT2D eigenvalue weighted by molar-refractivity contribution is 0.0342. The minimum Gasteiger partial charge on any atom is -0.492 e. The highest BCUT2D eigenvalue weighted by Crippen LogP contribution is 2.31. The summed E-state index contributed by atoms with van der Waals surface area (Å²) in [5, 5.41) is 2.86. The minimum absolute atomic E-state index is 0.0927. The van der Waals surface area contributed by atoms with Gasteiger partial charge in [0, 0.05) is 44.0 Å². The number of nitrogens with one attached hydrogen (secondary N) is 1. The molecule has 8 nitrogen and oxygen atoms in total. The van der Waals surface area contributed by atoms with Crippen LogP contribution in [0.25, 0.3) is 0 Å². The van der Waals surface area contributed by atoms with Crippen molar-refractivity contribution in [3.63, 3.8) is 0 Å². The molecule has 2 aliphatic rings. The average molecular weight is 488 g/mol. The van der Waals surface area contributed by atoms with E-state index in [1.54, 1.807) is 18.2 Å². The van der Waals surface area contributed by atoms with Gasteiger partial charge in [0.1, 0.15) is 10.6 Å². The Morgan fingerprint density at radius 3 is 2.53 bits per heavy atom. The number of piperidine rings is 1. The van der Waals surface area contributed by atoms with Gasteiger partial charge in [-0.25, -0.2) is 8.42 Å². The summed E-state index contributed by atoms with van der Waals surface area (Å²) in [5.41, 5.74) is 2.00. The summed E-state index contributed by atoms with van der Waals surface area (Å²) in [4.78, 5) is 15.4. The van der Waals surface area contributed by atoms with Crippen LogP contribution < -0.4 is 10.1 Å². The third kappa shape index (κ3) is 5.96. The first-order valence-corrected chi connectivity index (χ1v) is 13.4. The molecule has 1 amide bonds. The average Bonchev–Trinajstić information content (AvgIpc) is 2.86. The molecule has 0 radical (unpaired) electrons. The fourth-order valence-electron chi connectivity index (χ4n) is 4.34. The van der Waals surface area contributed by atoms with Gasteiger partial charge in [-0.15, -0.1) is 0 Å². The smallest absolute Gasteiger partial charge is 0.255 e. The Labute approximate surface area is 201 Å². The fraction of sp³-hybridized carbons (Fsp3) is 0.480. The van der Waals surface area contributed by atoms with Crippen LogP contribution >= 0.6 is 0 Å². The predicted molar refractivity (Wildman–Crippen MR) is 131 cm³/mol. The van der Waals surface area contributed by atoms with E-state index in [1.165, 1.54) is 10.4 Å². The highest BCUT2D eigenvalue weighted by atomic mass is 32.2. The Morgan fingerprint density at radius 2 is 1.79 bits per heavy atom. The van der Waals surface area contributed by atoms with Gasteiger partial charge in [0.15, 0.2) is 0 Å². The van der Waals surface area contributed by atoms with E-state index in [0.717, 1.165) is 57.7 Å². The molecular weight excluding hydrogens is 454 g/mol. The zero-order valence-corrected chi connectivity index (χ0v) is 20.5. The summed E-state index contributed by atoms with van der Waals surface area (Å²) in [6.07, 6.45) is 2.73. The van der Waals surface area contributed by atoms with Gasteiger partial charge in [0.05, 0.1) is 19.8 Å². The van der Waals surface area contributed by atoms with Crippen LogP contribution in [-0.2, 0) is 21.3 Å². The lowest BCUT2D eigenvalue weighted by Gasteiger charge is -2.27. The Kier molecular flexibility index (Phi) is 8.20. The number of sulfonamides is 1. The highest BCUT2D eigenvalue weighted by Gasteiger charge is 2.29. The van der Waals surface area contributed by atoms with E-state index in [2.05, 4.69) is 10.2 Å². The van der Waals surface area contributed by atoms with Crippen LogP contribution in [0.3, 0.4) is 0 Å². The number of carbonyl (C=O) groups is 1. The van der Waals surface area contributed by atoms with Gasteiger partial charge in [0.2, 0.25) is 10.0 Å². The lowest BCUT2D eigenvalue weighted by Crippen LogP contribution is -2.35. The van der Waals surface area contributed by atoms with Crippen LogP contribution in [0.2, 0.25) is 0 Å². The van der Waals surface area contributed by atoms with Crippen molar-refractivity contribution < 1.29 is 22.7 Å². The van der Waals surface area contributed by atoms with Crippen molar-refractivity contribution in [3.8, 4) is 5.75 Å². The molecule has 0 spiro atoms. The molecule has 0 saturated carbocycles. The van der Waals surface area contributed by atoms with Crippen molar-refractivity contribution in [2.45, 2.75) is 37.6 Å². The Hall–Kier alpha value is -2.46. The quantitative estimate of drug-likeness (QED) is 0.615. The monoisotopic (exact) mass is 487 g/mol. The molecule has 0 atom stereocenters. The second-order valence-electron chi connectivity index (χ2n) is 8.60. The molecule has 0 bridgehead atoms. The van der Waals surface area contributed by atoms with Crippen LogP contribution in [0.4, 0.5) is 5.69 Å². The minimum atomic E-state index is -3.72. The van der Waals surface area contributed by atoms with Crippen LogP contribution in [0.15, 0.2) is 47.4 Å². The molecule has 4 rings (SSSR count). The number of rotatable bonds is 8. The first kappa shape index (κ1) is 24.7. The summed E-state index contributed by atoms with van der Waals surface area (Å²) in [5.74, 6) is 0.0212. The molecule has 2 aromatic rings. The number of anilines is 1. The zero-order chi connectivity index (χ0) is 24.0. The van der Waals surface area contributed by atoms with E-state index in [-0.39, 0.29) is 10.8 Å². The number of amides is 1. The molecule has 2 heterocycles. The summed E-state index contributed by atoms with van der Waals surface area (Å²) in [6, 6.07) is 12.3. The molecule has 0 aromatic heterocycles. The van der Waals surface area contributed by atoms with Gasteiger partial charge >= 0.3 is 0 Å². The van der Waals surface area contributed by atoms with Crippen molar-refractivity contribution in [2.24, 2.45) is 0 Å². The number of hydrogen-bond donors (Lipinski definition) is 1. The van der Waals surface area contributed by atoms with Gasteiger partial charge in [-0.3, -0.25) is 9.69 Å². The van der Waals surface area contributed by atoms with Crippen LogP contribution in [0.5, 0.6) is 5.75 Å². The Bertz CT molecular complexity index is 1090. The molecule has 0 unspecified atom stereocenters. The molecule has 1 N–H and O–H groups in total. The third-order valence-corrected chi connectivity index (χ3v) is 8.05. The van der Waals surface area contributed by atoms with Crippen LogP contribution in [-0.4, -0.2) is 69.5 Å². The zero-order valence-electron chi connectivity index (χ0n) is 19.7. The molecule has 2 saturated heterocycles. The summed E-state index contributed by atoms with van der Waals surface area (Å²) < 4.78 is 39.2. The number of benzene rings is 2. The SMILES string of the molecule is CCOc1ccc(NC(=O)c2cccc(CN3CCOCC3)c2)cc1S(=O)(=O)N1CCCCC1. The van der Waals surface area contributed by atoms with E-state index >= 15 is 0 Å². The third-order valence-electron chi connectivity index (χ3n) is 6.13. The van der Waals surface area contributed by atoms with Gasteiger partial charge in [-0.1, -0.05) is 18.6 Å². The number of nitrogens with zero attached hydrogens (tertiary/aromatic N) is 2. The van der Waals surface area contributed by atoms with E-state index < -0.39 is 10.0 Å². The molecular formula is C25H33N3O5S. The molecule has 2 aromatic carbocycles. The Balaban J connectivity index is 1.52. The van der Waals surface area contributed by atoms with Crippen LogP contribution in [0, 0.1) is 0 Å². The number of morpholine rings is 1. The molecule has 2 fully saturated rings. The second kappa shape index (κ2) is 11.3. The van der Waals surface area contributed by atoms with E-state index in [1.807, 2.05) is 25.1 Å². The molecule has 2 aliphatic heterocycles. The number of carbonyl (C=O) groups excluding carboxylic acids is 1. The van der Waals surface area contributed by atoms with Crippen molar-refractivity contribution in [2.75, 3.05) is 51.3 Å². The Morgan fingerprint density at radius 1 is 1.03 bits per heavy atom. The van der Waals surface area contributed by atoms with Gasteiger partial charge < -0.3 is 14.8 Å². The number of ether oxygens (including phenoxy) is 2. The van der Waals surface area contributed by atoms with Crippen molar-refractivity contribution in [3.05, 3.63) is 53.6 Å². The molecule has 34 heavy (non-hydrogen) atoms. The topological polar surface area (TPSA) is 88.2 Å².